The van der Waals surface area contributed by atoms with Gasteiger partial charge in [0.2, 0.25) is 5.91 Å². The number of halogens is 1. The molecule has 0 aliphatic rings. The number of rotatable bonds is 5. The summed E-state index contributed by atoms with van der Waals surface area (Å²) in [4.78, 5) is 12.4. The van der Waals surface area contributed by atoms with Crippen molar-refractivity contribution in [3.63, 3.8) is 0 Å². The van der Waals surface area contributed by atoms with Crippen molar-refractivity contribution in [1.82, 2.24) is 0 Å². The second-order valence-corrected chi connectivity index (χ2v) is 7.98. The smallest absolute Gasteiger partial charge is 0.224 e. The Morgan fingerprint density at radius 2 is 2.05 bits per heavy atom. The highest BCUT2D eigenvalue weighted by atomic mass is 79.9. The van der Waals surface area contributed by atoms with E-state index in [-0.39, 0.29) is 11.3 Å². The van der Waals surface area contributed by atoms with Gasteiger partial charge in [0.1, 0.15) is 4.99 Å². The van der Waals surface area contributed by atoms with Gasteiger partial charge in [0, 0.05) is 16.5 Å². The van der Waals surface area contributed by atoms with Crippen molar-refractivity contribution in [1.29, 1.82) is 0 Å². The Morgan fingerprint density at radius 3 is 2.52 bits per heavy atom. The molecule has 3 nitrogen and oxygen atoms in total. The molecule has 1 amide bonds. The van der Waals surface area contributed by atoms with Crippen LogP contribution in [0.5, 0.6) is 0 Å². The van der Waals surface area contributed by atoms with E-state index in [2.05, 4.69) is 48.9 Å². The van der Waals surface area contributed by atoms with Crippen molar-refractivity contribution in [2.24, 2.45) is 17.1 Å². The van der Waals surface area contributed by atoms with Gasteiger partial charge in [0.15, 0.2) is 0 Å². The molecule has 5 heteroatoms. The second kappa shape index (κ2) is 7.36. The lowest BCUT2D eigenvalue weighted by Crippen LogP contribution is -2.19. The van der Waals surface area contributed by atoms with Crippen LogP contribution in [-0.4, -0.2) is 10.9 Å². The highest BCUT2D eigenvalue weighted by molar-refractivity contribution is 9.10. The lowest BCUT2D eigenvalue weighted by Gasteiger charge is -2.22. The first-order valence-electron chi connectivity index (χ1n) is 6.97. The van der Waals surface area contributed by atoms with Crippen molar-refractivity contribution in [2.45, 2.75) is 40.5 Å². The zero-order valence-corrected chi connectivity index (χ0v) is 15.4. The van der Waals surface area contributed by atoms with E-state index in [4.69, 9.17) is 18.0 Å². The SMILES string of the molecule is CC(CC(=O)Nc1ccc(C(N)=S)cc1Br)CC(C)(C)C. The Morgan fingerprint density at radius 1 is 1.43 bits per heavy atom. The van der Waals surface area contributed by atoms with Crippen LogP contribution in [0.1, 0.15) is 46.1 Å². The summed E-state index contributed by atoms with van der Waals surface area (Å²) in [5, 5.41) is 2.92. The number of amides is 1. The Kier molecular flexibility index (Phi) is 6.35. The first-order valence-corrected chi connectivity index (χ1v) is 8.18. The molecule has 0 heterocycles. The average Bonchev–Trinajstić information content (AvgIpc) is 2.28. The minimum Gasteiger partial charge on any atom is -0.389 e. The molecule has 0 aliphatic heterocycles. The maximum Gasteiger partial charge on any atom is 0.224 e. The summed E-state index contributed by atoms with van der Waals surface area (Å²) in [6.45, 7) is 8.67. The first-order chi connectivity index (χ1) is 9.58. The van der Waals surface area contributed by atoms with Crippen LogP contribution in [0.3, 0.4) is 0 Å². The van der Waals surface area contributed by atoms with E-state index in [0.29, 0.717) is 17.3 Å². The van der Waals surface area contributed by atoms with Crippen molar-refractivity contribution < 1.29 is 4.79 Å². The van der Waals surface area contributed by atoms with Gasteiger partial charge in [-0.1, -0.05) is 39.9 Å². The zero-order valence-electron chi connectivity index (χ0n) is 13.0. The first kappa shape index (κ1) is 18.1. The minimum absolute atomic E-state index is 0.0236. The molecule has 116 valence electrons. The van der Waals surface area contributed by atoms with Gasteiger partial charge in [-0.2, -0.15) is 0 Å². The van der Waals surface area contributed by atoms with E-state index in [0.717, 1.165) is 22.1 Å². The van der Waals surface area contributed by atoms with Crippen LogP contribution in [0.15, 0.2) is 22.7 Å². The molecule has 0 radical (unpaired) electrons. The molecule has 3 N–H and O–H groups in total. The van der Waals surface area contributed by atoms with E-state index in [1.165, 1.54) is 0 Å². The number of carbonyl (C=O) groups excluding carboxylic acids is 1. The number of carbonyl (C=O) groups is 1. The summed E-state index contributed by atoms with van der Waals surface area (Å²) in [5.74, 6) is 0.371. The standard InChI is InChI=1S/C16H23BrN2OS/c1-10(9-16(2,3)4)7-14(20)19-13-6-5-11(15(18)21)8-12(13)17/h5-6,8,10H,7,9H2,1-4H3,(H2,18,21)(H,19,20). The number of hydrogen-bond acceptors (Lipinski definition) is 2. The molecule has 0 fully saturated rings. The normalized spacial score (nSPS) is 12.8. The number of anilines is 1. The highest BCUT2D eigenvalue weighted by Crippen LogP contribution is 2.27. The maximum absolute atomic E-state index is 12.1. The summed E-state index contributed by atoms with van der Waals surface area (Å²) < 4.78 is 0.782. The molecule has 0 spiro atoms. The number of hydrogen-bond donors (Lipinski definition) is 2. The number of benzene rings is 1. The van der Waals surface area contributed by atoms with Crippen LogP contribution < -0.4 is 11.1 Å². The van der Waals surface area contributed by atoms with Gasteiger partial charge in [0.05, 0.1) is 5.69 Å². The third kappa shape index (κ3) is 6.57. The summed E-state index contributed by atoms with van der Waals surface area (Å²) in [7, 11) is 0. The monoisotopic (exact) mass is 370 g/mol. The fourth-order valence-corrected chi connectivity index (χ4v) is 3.01. The lowest BCUT2D eigenvalue weighted by atomic mass is 9.84. The van der Waals surface area contributed by atoms with Crippen LogP contribution in [0.4, 0.5) is 5.69 Å². The van der Waals surface area contributed by atoms with E-state index in [1.54, 1.807) is 6.07 Å². The van der Waals surface area contributed by atoms with Crippen molar-refractivity contribution in [3.05, 3.63) is 28.2 Å². The van der Waals surface area contributed by atoms with E-state index in [1.807, 2.05) is 12.1 Å². The zero-order chi connectivity index (χ0) is 16.2. The van der Waals surface area contributed by atoms with Gasteiger partial charge in [-0.25, -0.2) is 0 Å². The maximum atomic E-state index is 12.1. The number of thiocarbonyl (C=S) groups is 1. The fourth-order valence-electron chi connectivity index (χ4n) is 2.41. The van der Waals surface area contributed by atoms with Crippen LogP contribution >= 0.6 is 28.1 Å². The minimum atomic E-state index is 0.0236. The molecule has 1 unspecified atom stereocenters. The van der Waals surface area contributed by atoms with Crippen LogP contribution in [0, 0.1) is 11.3 Å². The van der Waals surface area contributed by atoms with Crippen LogP contribution in [0.25, 0.3) is 0 Å². The molecule has 1 aromatic rings. The van der Waals surface area contributed by atoms with E-state index < -0.39 is 0 Å². The summed E-state index contributed by atoms with van der Waals surface area (Å²) in [6, 6.07) is 5.43. The third-order valence-corrected chi connectivity index (χ3v) is 3.91. The van der Waals surface area contributed by atoms with Gasteiger partial charge < -0.3 is 11.1 Å². The van der Waals surface area contributed by atoms with Gasteiger partial charge in [-0.05, 0) is 51.9 Å². The topological polar surface area (TPSA) is 55.1 Å². The van der Waals surface area contributed by atoms with Crippen LogP contribution in [-0.2, 0) is 4.79 Å². The Labute approximate surface area is 140 Å². The van der Waals surface area contributed by atoms with Crippen LogP contribution in [0.2, 0.25) is 0 Å². The van der Waals surface area contributed by atoms with Gasteiger partial charge in [-0.3, -0.25) is 4.79 Å². The third-order valence-electron chi connectivity index (χ3n) is 3.02. The Balaban J connectivity index is 2.65. The molecule has 0 aromatic heterocycles. The summed E-state index contributed by atoms with van der Waals surface area (Å²) in [6.07, 6.45) is 1.53. The Bertz CT molecular complexity index is 538. The fraction of sp³-hybridized carbons (Fsp3) is 0.500. The molecule has 1 aromatic carbocycles. The van der Waals surface area contributed by atoms with Crippen molar-refractivity contribution >= 4 is 44.7 Å². The highest BCUT2D eigenvalue weighted by Gasteiger charge is 2.18. The molecule has 0 bridgehead atoms. The van der Waals surface area contributed by atoms with Gasteiger partial charge >= 0.3 is 0 Å². The summed E-state index contributed by atoms with van der Waals surface area (Å²) in [5.41, 5.74) is 7.33. The molecule has 21 heavy (non-hydrogen) atoms. The largest absolute Gasteiger partial charge is 0.389 e. The van der Waals surface area contributed by atoms with Gasteiger partial charge in [0.25, 0.3) is 0 Å². The molecule has 1 atom stereocenters. The predicted molar refractivity (Wildman–Crippen MR) is 96.5 cm³/mol. The quantitative estimate of drug-likeness (QED) is 0.750. The molecular formula is C16H23BrN2OS. The Hall–Kier alpha value is -0.940. The number of nitrogens with one attached hydrogen (secondary N) is 1. The second-order valence-electron chi connectivity index (χ2n) is 6.68. The summed E-state index contributed by atoms with van der Waals surface area (Å²) >= 11 is 8.36. The molecule has 0 saturated carbocycles. The molecule has 0 saturated heterocycles. The predicted octanol–water partition coefficient (Wildman–Crippen LogP) is 4.48. The molecule has 1 rings (SSSR count). The average molecular weight is 371 g/mol. The molecule has 0 aliphatic carbocycles. The van der Waals surface area contributed by atoms with Crippen molar-refractivity contribution in [2.75, 3.05) is 5.32 Å². The van der Waals surface area contributed by atoms with Gasteiger partial charge in [-0.15, -0.1) is 0 Å². The molecular weight excluding hydrogens is 348 g/mol. The lowest BCUT2D eigenvalue weighted by molar-refractivity contribution is -0.117. The van der Waals surface area contributed by atoms with E-state index in [9.17, 15) is 4.79 Å². The van der Waals surface area contributed by atoms with E-state index >= 15 is 0 Å². The number of nitrogens with two attached hydrogens (primary N) is 1. The van der Waals surface area contributed by atoms with Crippen molar-refractivity contribution in [3.8, 4) is 0 Å².